The minimum Gasteiger partial charge on any atom is -0.372 e. The van der Waals surface area contributed by atoms with Crippen molar-refractivity contribution in [3.05, 3.63) is 20.8 Å². The first-order chi connectivity index (χ1) is 7.81. The zero-order valence-corrected chi connectivity index (χ0v) is 12.1. The van der Waals surface area contributed by atoms with Crippen LogP contribution >= 0.6 is 27.3 Å². The molecule has 1 aliphatic rings. The van der Waals surface area contributed by atoms with Crippen molar-refractivity contribution in [1.29, 1.82) is 0 Å². The molecule has 0 aliphatic heterocycles. The van der Waals surface area contributed by atoms with Gasteiger partial charge in [0.2, 0.25) is 0 Å². The molecular formula is C13H19BrOS. The first kappa shape index (κ1) is 12.6. The summed E-state index contributed by atoms with van der Waals surface area (Å²) in [4.78, 5) is 1.32. The number of thiophene rings is 1. The smallest absolute Gasteiger partial charge is 0.0824 e. The van der Waals surface area contributed by atoms with Crippen molar-refractivity contribution in [1.82, 2.24) is 0 Å². The first-order valence-electron chi connectivity index (χ1n) is 6.14. The largest absolute Gasteiger partial charge is 0.372 e. The predicted octanol–water partition coefficient (Wildman–Crippen LogP) is 5.00. The van der Waals surface area contributed by atoms with Crippen LogP contribution < -0.4 is 0 Å². The molecule has 16 heavy (non-hydrogen) atoms. The molecule has 1 saturated carbocycles. The maximum atomic E-state index is 6.09. The van der Waals surface area contributed by atoms with Gasteiger partial charge in [0, 0.05) is 9.35 Å². The summed E-state index contributed by atoms with van der Waals surface area (Å²) < 4.78 is 7.29. The van der Waals surface area contributed by atoms with Gasteiger partial charge in [0.25, 0.3) is 0 Å². The third kappa shape index (κ3) is 3.08. The van der Waals surface area contributed by atoms with Crippen molar-refractivity contribution in [3.63, 3.8) is 0 Å². The van der Waals surface area contributed by atoms with Crippen LogP contribution in [0.2, 0.25) is 0 Å². The molecule has 1 heterocycles. The van der Waals surface area contributed by atoms with Crippen LogP contribution in [0.25, 0.3) is 0 Å². The van der Waals surface area contributed by atoms with Crippen LogP contribution in [0, 0.1) is 5.92 Å². The SMILES string of the molecule is CCC1CCCCC1OCc1sccc1Br. The highest BCUT2D eigenvalue weighted by atomic mass is 79.9. The highest BCUT2D eigenvalue weighted by Gasteiger charge is 2.24. The summed E-state index contributed by atoms with van der Waals surface area (Å²) in [6.45, 7) is 3.06. The van der Waals surface area contributed by atoms with Gasteiger partial charge in [-0.05, 0) is 46.1 Å². The van der Waals surface area contributed by atoms with Crippen LogP contribution in [0.5, 0.6) is 0 Å². The van der Waals surface area contributed by atoms with E-state index in [2.05, 4.69) is 34.3 Å². The Morgan fingerprint density at radius 2 is 2.25 bits per heavy atom. The number of ether oxygens (including phenoxy) is 1. The van der Waals surface area contributed by atoms with Gasteiger partial charge in [-0.2, -0.15) is 0 Å². The fourth-order valence-corrected chi connectivity index (χ4v) is 3.86. The molecule has 1 aromatic rings. The topological polar surface area (TPSA) is 9.23 Å². The number of rotatable bonds is 4. The molecule has 2 unspecified atom stereocenters. The molecule has 90 valence electrons. The van der Waals surface area contributed by atoms with Gasteiger partial charge in [-0.1, -0.05) is 26.2 Å². The third-order valence-electron chi connectivity index (χ3n) is 3.48. The Balaban J connectivity index is 1.86. The van der Waals surface area contributed by atoms with Crippen molar-refractivity contribution in [3.8, 4) is 0 Å². The van der Waals surface area contributed by atoms with Gasteiger partial charge >= 0.3 is 0 Å². The van der Waals surface area contributed by atoms with E-state index in [0.29, 0.717) is 6.10 Å². The highest BCUT2D eigenvalue weighted by molar-refractivity contribution is 9.10. The summed E-state index contributed by atoms with van der Waals surface area (Å²) in [5.41, 5.74) is 0. The molecule has 0 saturated heterocycles. The van der Waals surface area contributed by atoms with E-state index in [1.807, 2.05) is 0 Å². The fourth-order valence-electron chi connectivity index (χ4n) is 2.47. The van der Waals surface area contributed by atoms with E-state index in [1.54, 1.807) is 11.3 Å². The Morgan fingerprint density at radius 3 is 2.94 bits per heavy atom. The third-order valence-corrected chi connectivity index (χ3v) is 5.38. The van der Waals surface area contributed by atoms with Crippen molar-refractivity contribution in [2.75, 3.05) is 0 Å². The second-order valence-electron chi connectivity index (χ2n) is 4.49. The standard InChI is InChI=1S/C13H19BrOS/c1-2-10-5-3-4-6-12(10)15-9-13-11(14)7-8-16-13/h7-8,10,12H,2-6,9H2,1H3. The summed E-state index contributed by atoms with van der Waals surface area (Å²) in [5.74, 6) is 0.785. The van der Waals surface area contributed by atoms with E-state index in [0.717, 1.165) is 12.5 Å². The fraction of sp³-hybridized carbons (Fsp3) is 0.692. The monoisotopic (exact) mass is 302 g/mol. The average molecular weight is 303 g/mol. The van der Waals surface area contributed by atoms with Crippen LogP contribution in [-0.2, 0) is 11.3 Å². The summed E-state index contributed by atoms with van der Waals surface area (Å²) in [6, 6.07) is 2.10. The summed E-state index contributed by atoms with van der Waals surface area (Å²) in [6.07, 6.45) is 7.09. The zero-order valence-electron chi connectivity index (χ0n) is 9.75. The van der Waals surface area contributed by atoms with Crippen molar-refractivity contribution in [2.45, 2.75) is 51.7 Å². The molecule has 1 aromatic heterocycles. The average Bonchev–Trinajstić information content (AvgIpc) is 2.72. The Kier molecular flexibility index (Phi) is 4.86. The first-order valence-corrected chi connectivity index (χ1v) is 7.82. The minimum absolute atomic E-state index is 0.493. The van der Waals surface area contributed by atoms with E-state index in [9.17, 15) is 0 Å². The minimum atomic E-state index is 0.493. The normalized spacial score (nSPS) is 25.9. The Morgan fingerprint density at radius 1 is 1.44 bits per heavy atom. The van der Waals surface area contributed by atoms with Gasteiger partial charge in [0.15, 0.2) is 0 Å². The lowest BCUT2D eigenvalue weighted by molar-refractivity contribution is -0.0212. The molecule has 0 bridgehead atoms. The van der Waals surface area contributed by atoms with Crippen LogP contribution in [0.15, 0.2) is 15.9 Å². The van der Waals surface area contributed by atoms with E-state index in [1.165, 1.54) is 41.5 Å². The molecule has 0 radical (unpaired) electrons. The molecule has 0 aromatic carbocycles. The number of halogens is 1. The van der Waals surface area contributed by atoms with E-state index >= 15 is 0 Å². The Hall–Kier alpha value is 0.140. The lowest BCUT2D eigenvalue weighted by Crippen LogP contribution is -2.27. The molecule has 1 aliphatic carbocycles. The molecule has 3 heteroatoms. The van der Waals surface area contributed by atoms with Gasteiger partial charge in [-0.25, -0.2) is 0 Å². The zero-order chi connectivity index (χ0) is 11.4. The summed E-state index contributed by atoms with van der Waals surface area (Å²) in [7, 11) is 0. The molecule has 1 nitrogen and oxygen atoms in total. The second kappa shape index (κ2) is 6.18. The molecule has 1 fully saturated rings. The van der Waals surface area contributed by atoms with Gasteiger partial charge in [0.1, 0.15) is 0 Å². The highest BCUT2D eigenvalue weighted by Crippen LogP contribution is 2.31. The second-order valence-corrected chi connectivity index (χ2v) is 6.35. The number of hydrogen-bond donors (Lipinski definition) is 0. The van der Waals surface area contributed by atoms with Crippen molar-refractivity contribution in [2.24, 2.45) is 5.92 Å². The van der Waals surface area contributed by atoms with Crippen LogP contribution in [0.3, 0.4) is 0 Å². The Labute approximate surface area is 110 Å². The van der Waals surface area contributed by atoms with E-state index in [4.69, 9.17) is 4.74 Å². The molecule has 0 N–H and O–H groups in total. The van der Waals surface area contributed by atoms with Crippen molar-refractivity contribution < 1.29 is 4.74 Å². The maximum absolute atomic E-state index is 6.09. The molecule has 2 atom stereocenters. The lowest BCUT2D eigenvalue weighted by Gasteiger charge is -2.30. The van der Waals surface area contributed by atoms with Crippen LogP contribution in [0.1, 0.15) is 43.9 Å². The molecular weight excluding hydrogens is 284 g/mol. The predicted molar refractivity (Wildman–Crippen MR) is 72.8 cm³/mol. The number of hydrogen-bond acceptors (Lipinski definition) is 2. The van der Waals surface area contributed by atoms with Crippen molar-refractivity contribution >= 4 is 27.3 Å². The Bertz CT molecular complexity index is 323. The van der Waals surface area contributed by atoms with E-state index < -0.39 is 0 Å². The molecule has 0 amide bonds. The quantitative estimate of drug-likeness (QED) is 0.761. The van der Waals surface area contributed by atoms with Gasteiger partial charge < -0.3 is 4.74 Å². The van der Waals surface area contributed by atoms with E-state index in [-0.39, 0.29) is 0 Å². The molecule has 2 rings (SSSR count). The summed E-state index contributed by atoms with van der Waals surface area (Å²) >= 11 is 5.33. The lowest BCUT2D eigenvalue weighted by atomic mass is 9.85. The van der Waals surface area contributed by atoms with Gasteiger partial charge in [0.05, 0.1) is 12.7 Å². The maximum Gasteiger partial charge on any atom is 0.0824 e. The van der Waals surface area contributed by atoms with Gasteiger partial charge in [-0.3, -0.25) is 0 Å². The van der Waals surface area contributed by atoms with Crippen LogP contribution in [0.4, 0.5) is 0 Å². The molecule has 0 spiro atoms. The van der Waals surface area contributed by atoms with Gasteiger partial charge in [-0.15, -0.1) is 11.3 Å². The summed E-state index contributed by atoms with van der Waals surface area (Å²) in [5, 5.41) is 2.11. The van der Waals surface area contributed by atoms with Crippen LogP contribution in [-0.4, -0.2) is 6.10 Å².